The van der Waals surface area contributed by atoms with Gasteiger partial charge in [0.15, 0.2) is 0 Å². The summed E-state index contributed by atoms with van der Waals surface area (Å²) in [6.07, 6.45) is 0. The van der Waals surface area contributed by atoms with Crippen LogP contribution in [0.25, 0.3) is 66.8 Å². The molecule has 1 spiro atoms. The maximum atomic E-state index is 2.49. The van der Waals surface area contributed by atoms with E-state index in [9.17, 15) is 0 Å². The Morgan fingerprint density at radius 3 is 1.25 bits per heavy atom. The van der Waals surface area contributed by atoms with E-state index < -0.39 is 0 Å². The van der Waals surface area contributed by atoms with Gasteiger partial charge >= 0.3 is 0 Å². The first kappa shape index (κ1) is 37.5. The Bertz CT molecular complexity index is 3390. The SMILES string of the molecule is CC1(C)c2cc(N(c3ccc(-c4ccccc4)cc3)c3cc(-c4ccccc4)cc(-c4ccccc4)c3)ccc2-c2c1ccc1c2-c2ccccc2C12c1ccccc1-c1ccccc12. The van der Waals surface area contributed by atoms with Crippen molar-refractivity contribution in [2.45, 2.75) is 24.7 Å². The number of rotatable bonds is 6. The van der Waals surface area contributed by atoms with E-state index in [0.29, 0.717) is 0 Å². The van der Waals surface area contributed by atoms with Gasteiger partial charge in [0.1, 0.15) is 0 Å². The Labute approximate surface area is 381 Å². The van der Waals surface area contributed by atoms with Crippen molar-refractivity contribution in [1.82, 2.24) is 0 Å². The minimum atomic E-state index is -0.385. The highest BCUT2D eigenvalue weighted by atomic mass is 15.1. The van der Waals surface area contributed by atoms with Crippen LogP contribution in [0.3, 0.4) is 0 Å². The summed E-state index contributed by atoms with van der Waals surface area (Å²) in [5.41, 5.74) is 26.2. The lowest BCUT2D eigenvalue weighted by Crippen LogP contribution is -2.26. The minimum absolute atomic E-state index is 0.254. The lowest BCUT2D eigenvalue weighted by molar-refractivity contribution is 0.660. The largest absolute Gasteiger partial charge is 0.310 e. The van der Waals surface area contributed by atoms with E-state index in [2.05, 4.69) is 255 Å². The molecular weight excluding hydrogens is 783 g/mol. The second-order valence-electron chi connectivity index (χ2n) is 18.4. The molecule has 0 saturated carbocycles. The van der Waals surface area contributed by atoms with Crippen LogP contribution in [0.4, 0.5) is 17.1 Å². The molecule has 0 saturated heterocycles. The highest BCUT2D eigenvalue weighted by Crippen LogP contribution is 2.66. The second kappa shape index (κ2) is 14.3. The van der Waals surface area contributed by atoms with Crippen LogP contribution in [0.2, 0.25) is 0 Å². The number of nitrogens with zero attached hydrogens (tertiary/aromatic N) is 1. The summed E-state index contributed by atoms with van der Waals surface area (Å²) in [5, 5.41) is 0. The molecule has 0 amide bonds. The van der Waals surface area contributed by atoms with Crippen molar-refractivity contribution in [3.63, 3.8) is 0 Å². The molecule has 0 aliphatic heterocycles. The summed E-state index contributed by atoms with van der Waals surface area (Å²) in [7, 11) is 0. The molecule has 0 heterocycles. The zero-order valence-electron chi connectivity index (χ0n) is 36.5. The van der Waals surface area contributed by atoms with E-state index in [0.717, 1.165) is 17.1 Å². The molecule has 0 bridgehead atoms. The third-order valence-electron chi connectivity index (χ3n) is 14.7. The molecule has 10 aromatic rings. The van der Waals surface area contributed by atoms with Crippen LogP contribution < -0.4 is 4.90 Å². The monoisotopic (exact) mass is 827 g/mol. The lowest BCUT2D eigenvalue weighted by atomic mass is 9.70. The van der Waals surface area contributed by atoms with E-state index in [1.807, 2.05) is 0 Å². The van der Waals surface area contributed by atoms with Gasteiger partial charge in [0.2, 0.25) is 0 Å². The van der Waals surface area contributed by atoms with Crippen LogP contribution in [0.5, 0.6) is 0 Å². The van der Waals surface area contributed by atoms with Crippen molar-refractivity contribution < 1.29 is 0 Å². The standard InChI is InChI=1S/C64H45N/c1-63(2)58-36-37-59-62(53-26-14-17-29-57(53)64(59)55-27-15-12-24-51(55)52-25-13-16-28-56(52)64)61(58)54-35-34-49(41-60(54)63)65(48-32-30-45(31-33-48)42-18-6-3-7-19-42)50-39-46(43-20-8-4-9-21-43)38-47(40-50)44-22-10-5-11-23-44/h3-41H,1-2H3. The number of hydrogen-bond acceptors (Lipinski definition) is 1. The summed E-state index contributed by atoms with van der Waals surface area (Å²) in [5.74, 6) is 0. The van der Waals surface area contributed by atoms with Crippen molar-refractivity contribution in [2.24, 2.45) is 0 Å². The Morgan fingerprint density at radius 1 is 0.262 bits per heavy atom. The van der Waals surface area contributed by atoms with Crippen LogP contribution in [0.15, 0.2) is 237 Å². The van der Waals surface area contributed by atoms with E-state index in [1.54, 1.807) is 0 Å². The Kier molecular flexibility index (Phi) is 8.24. The molecule has 1 heteroatoms. The normalized spacial score (nSPS) is 13.9. The highest BCUT2D eigenvalue weighted by Gasteiger charge is 2.53. The molecule has 0 aromatic heterocycles. The van der Waals surface area contributed by atoms with Crippen molar-refractivity contribution in [3.8, 4) is 66.8 Å². The molecule has 3 aliphatic rings. The lowest BCUT2D eigenvalue weighted by Gasteiger charge is -2.31. The van der Waals surface area contributed by atoms with Crippen LogP contribution in [0.1, 0.15) is 47.2 Å². The zero-order valence-corrected chi connectivity index (χ0v) is 36.5. The van der Waals surface area contributed by atoms with Gasteiger partial charge < -0.3 is 4.90 Å². The van der Waals surface area contributed by atoms with Crippen molar-refractivity contribution in [2.75, 3.05) is 4.90 Å². The number of fused-ring (bicyclic) bond motifs is 14. The first-order valence-corrected chi connectivity index (χ1v) is 22.8. The molecular formula is C64H45N. The Hall–Kier alpha value is -8.00. The van der Waals surface area contributed by atoms with Crippen LogP contribution >= 0.6 is 0 Å². The van der Waals surface area contributed by atoms with Gasteiger partial charge in [0.05, 0.1) is 5.41 Å². The van der Waals surface area contributed by atoms with Crippen molar-refractivity contribution in [1.29, 1.82) is 0 Å². The first-order chi connectivity index (χ1) is 32.0. The molecule has 0 fully saturated rings. The highest BCUT2D eigenvalue weighted by molar-refractivity contribution is 6.03. The summed E-state index contributed by atoms with van der Waals surface area (Å²) in [6, 6.07) is 88.0. The third kappa shape index (κ3) is 5.46. The number of anilines is 3. The average Bonchev–Trinajstić information content (AvgIpc) is 3.93. The first-order valence-electron chi connectivity index (χ1n) is 22.8. The predicted molar refractivity (Wildman–Crippen MR) is 271 cm³/mol. The fraction of sp³-hybridized carbons (Fsp3) is 0.0625. The summed E-state index contributed by atoms with van der Waals surface area (Å²) in [6.45, 7) is 4.85. The van der Waals surface area contributed by atoms with Gasteiger partial charge in [-0.1, -0.05) is 208 Å². The van der Waals surface area contributed by atoms with E-state index in [-0.39, 0.29) is 10.8 Å². The molecule has 3 aliphatic carbocycles. The summed E-state index contributed by atoms with van der Waals surface area (Å²) >= 11 is 0. The van der Waals surface area contributed by atoms with Gasteiger partial charge in [-0.2, -0.15) is 0 Å². The maximum Gasteiger partial charge on any atom is 0.0725 e. The van der Waals surface area contributed by atoms with Gasteiger partial charge in [-0.25, -0.2) is 0 Å². The quantitative estimate of drug-likeness (QED) is 0.161. The van der Waals surface area contributed by atoms with Crippen LogP contribution in [-0.4, -0.2) is 0 Å². The fourth-order valence-electron chi connectivity index (χ4n) is 11.8. The second-order valence-corrected chi connectivity index (χ2v) is 18.4. The van der Waals surface area contributed by atoms with E-state index in [4.69, 9.17) is 0 Å². The number of hydrogen-bond donors (Lipinski definition) is 0. The van der Waals surface area contributed by atoms with E-state index >= 15 is 0 Å². The molecule has 1 nitrogen and oxygen atoms in total. The van der Waals surface area contributed by atoms with Crippen LogP contribution in [0, 0.1) is 0 Å². The minimum Gasteiger partial charge on any atom is -0.310 e. The fourth-order valence-corrected chi connectivity index (χ4v) is 11.8. The molecule has 0 unspecified atom stereocenters. The van der Waals surface area contributed by atoms with Gasteiger partial charge in [0.25, 0.3) is 0 Å². The predicted octanol–water partition coefficient (Wildman–Crippen LogP) is 16.8. The molecule has 65 heavy (non-hydrogen) atoms. The van der Waals surface area contributed by atoms with Gasteiger partial charge in [-0.05, 0) is 143 Å². The van der Waals surface area contributed by atoms with Crippen molar-refractivity contribution in [3.05, 3.63) is 270 Å². The molecule has 0 atom stereocenters. The topological polar surface area (TPSA) is 3.24 Å². The van der Waals surface area contributed by atoms with Gasteiger partial charge in [-0.3, -0.25) is 0 Å². The zero-order chi connectivity index (χ0) is 43.3. The van der Waals surface area contributed by atoms with Gasteiger partial charge in [0, 0.05) is 22.5 Å². The Morgan fingerprint density at radius 2 is 0.677 bits per heavy atom. The average molecular weight is 828 g/mol. The molecule has 0 radical (unpaired) electrons. The third-order valence-corrected chi connectivity index (χ3v) is 14.7. The van der Waals surface area contributed by atoms with Crippen molar-refractivity contribution >= 4 is 17.1 Å². The summed E-state index contributed by atoms with van der Waals surface area (Å²) < 4.78 is 0. The molecule has 10 aromatic carbocycles. The van der Waals surface area contributed by atoms with Gasteiger partial charge in [-0.15, -0.1) is 0 Å². The number of benzene rings is 10. The summed E-state index contributed by atoms with van der Waals surface area (Å²) in [4.78, 5) is 2.47. The smallest absolute Gasteiger partial charge is 0.0725 e. The molecule has 13 rings (SSSR count). The van der Waals surface area contributed by atoms with Crippen LogP contribution in [-0.2, 0) is 10.8 Å². The van der Waals surface area contributed by atoms with E-state index in [1.165, 1.54) is 100 Å². The Balaban J connectivity index is 1.03. The molecule has 306 valence electrons. The maximum absolute atomic E-state index is 2.49. The molecule has 0 N–H and O–H groups in total.